The summed E-state index contributed by atoms with van der Waals surface area (Å²) in [4.78, 5) is 24.9. The van der Waals surface area contributed by atoms with E-state index >= 15 is 0 Å². The first-order valence-corrected chi connectivity index (χ1v) is 6.21. The highest BCUT2D eigenvalue weighted by molar-refractivity contribution is 5.82. The van der Waals surface area contributed by atoms with E-state index in [-0.39, 0.29) is 24.3 Å². The number of rotatable bonds is 5. The van der Waals surface area contributed by atoms with Crippen LogP contribution in [0, 0.1) is 12.3 Å². The van der Waals surface area contributed by atoms with Gasteiger partial charge in [0.2, 0.25) is 5.91 Å². The topological polar surface area (TPSA) is 58.6 Å². The highest BCUT2D eigenvalue weighted by Gasteiger charge is 2.27. The van der Waals surface area contributed by atoms with Gasteiger partial charge in [-0.3, -0.25) is 14.5 Å². The minimum atomic E-state index is -0.320. The minimum absolute atomic E-state index is 0.0474. The van der Waals surface area contributed by atoms with E-state index in [1.807, 2.05) is 4.90 Å². The van der Waals surface area contributed by atoms with Gasteiger partial charge in [0.1, 0.15) is 0 Å². The predicted octanol–water partition coefficient (Wildman–Crippen LogP) is 0.153. The monoisotopic (exact) mass is 252 g/mol. The van der Waals surface area contributed by atoms with E-state index in [2.05, 4.69) is 16.0 Å². The molecule has 5 nitrogen and oxygen atoms in total. The van der Waals surface area contributed by atoms with E-state index in [0.717, 1.165) is 25.8 Å². The number of methoxy groups -OCH3 is 1. The minimum Gasteiger partial charge on any atom is -0.469 e. The number of nitrogens with one attached hydrogen (secondary N) is 1. The number of ether oxygens (including phenoxy) is 1. The van der Waals surface area contributed by atoms with E-state index < -0.39 is 0 Å². The maximum absolute atomic E-state index is 12.0. The summed E-state index contributed by atoms with van der Waals surface area (Å²) in [5.74, 6) is 2.21. The lowest BCUT2D eigenvalue weighted by atomic mass is 10.0. The summed E-state index contributed by atoms with van der Waals surface area (Å²) in [5.41, 5.74) is 0. The van der Waals surface area contributed by atoms with Crippen molar-refractivity contribution in [1.29, 1.82) is 0 Å². The molecule has 0 aliphatic carbocycles. The summed E-state index contributed by atoms with van der Waals surface area (Å²) in [6.07, 6.45) is 8.43. The summed E-state index contributed by atoms with van der Waals surface area (Å²) >= 11 is 0. The maximum atomic E-state index is 12.0. The number of likely N-dealkylation sites (tertiary alicyclic amines) is 1. The van der Waals surface area contributed by atoms with Crippen LogP contribution in [0.15, 0.2) is 0 Å². The summed E-state index contributed by atoms with van der Waals surface area (Å²) < 4.78 is 4.51. The lowest BCUT2D eigenvalue weighted by molar-refractivity contribution is -0.140. The van der Waals surface area contributed by atoms with Gasteiger partial charge in [0.15, 0.2) is 0 Å². The highest BCUT2D eigenvalue weighted by atomic mass is 16.5. The van der Waals surface area contributed by atoms with Gasteiger partial charge in [0.25, 0.3) is 0 Å². The first-order valence-electron chi connectivity index (χ1n) is 6.21. The third-order valence-electron chi connectivity index (χ3n) is 3.07. The van der Waals surface area contributed by atoms with Gasteiger partial charge in [-0.25, -0.2) is 0 Å². The number of piperidine rings is 1. The summed E-state index contributed by atoms with van der Waals surface area (Å²) in [5, 5.41) is 2.76. The Morgan fingerprint density at radius 2 is 2.28 bits per heavy atom. The zero-order valence-electron chi connectivity index (χ0n) is 10.8. The van der Waals surface area contributed by atoms with Crippen molar-refractivity contribution >= 4 is 11.9 Å². The fourth-order valence-corrected chi connectivity index (χ4v) is 2.10. The fraction of sp³-hybridized carbons (Fsp3) is 0.692. The van der Waals surface area contributed by atoms with Gasteiger partial charge < -0.3 is 10.1 Å². The van der Waals surface area contributed by atoms with Crippen molar-refractivity contribution in [3.8, 4) is 12.3 Å². The van der Waals surface area contributed by atoms with Crippen LogP contribution in [0.5, 0.6) is 0 Å². The average Bonchev–Trinajstić information content (AvgIpc) is 2.39. The molecule has 5 heteroatoms. The molecule has 1 N–H and O–H groups in total. The van der Waals surface area contributed by atoms with Crippen molar-refractivity contribution in [3.63, 3.8) is 0 Å². The molecule has 1 amide bonds. The normalized spacial score (nSPS) is 19.9. The molecule has 1 fully saturated rings. The second-order valence-corrected chi connectivity index (χ2v) is 4.30. The van der Waals surface area contributed by atoms with Crippen LogP contribution in [0.4, 0.5) is 0 Å². The quantitative estimate of drug-likeness (QED) is 0.559. The Labute approximate surface area is 108 Å². The molecule has 1 aliphatic rings. The van der Waals surface area contributed by atoms with E-state index in [1.54, 1.807) is 0 Å². The van der Waals surface area contributed by atoms with Crippen LogP contribution in [0.2, 0.25) is 0 Å². The molecule has 0 unspecified atom stereocenters. The van der Waals surface area contributed by atoms with E-state index in [9.17, 15) is 9.59 Å². The Hall–Kier alpha value is -1.54. The summed E-state index contributed by atoms with van der Waals surface area (Å²) in [7, 11) is 1.33. The molecule has 100 valence electrons. The summed E-state index contributed by atoms with van der Waals surface area (Å²) in [6.45, 7) is 1.67. The van der Waals surface area contributed by atoms with Gasteiger partial charge in [-0.2, -0.15) is 0 Å². The zero-order valence-corrected chi connectivity index (χ0v) is 10.8. The van der Waals surface area contributed by atoms with Crippen molar-refractivity contribution in [2.45, 2.75) is 31.7 Å². The largest absolute Gasteiger partial charge is 0.469 e. The predicted molar refractivity (Wildman–Crippen MR) is 67.7 cm³/mol. The third kappa shape index (κ3) is 4.38. The number of esters is 1. The number of hydrogen-bond donors (Lipinski definition) is 1. The SMILES string of the molecule is C#CCN1CCCC[C@H]1C(=O)NCCC(=O)OC. The number of carbonyl (C=O) groups excluding carboxylic acids is 2. The fourth-order valence-electron chi connectivity index (χ4n) is 2.10. The van der Waals surface area contributed by atoms with Crippen LogP contribution in [-0.4, -0.2) is 49.6 Å². The van der Waals surface area contributed by atoms with Crippen LogP contribution in [0.3, 0.4) is 0 Å². The highest BCUT2D eigenvalue weighted by Crippen LogP contribution is 2.16. The van der Waals surface area contributed by atoms with Gasteiger partial charge in [0.05, 0.1) is 26.1 Å². The van der Waals surface area contributed by atoms with Crippen LogP contribution in [-0.2, 0) is 14.3 Å². The molecular formula is C13H20N2O3. The number of amides is 1. The smallest absolute Gasteiger partial charge is 0.307 e. The Morgan fingerprint density at radius 1 is 1.50 bits per heavy atom. The Kier molecular flexibility index (Phi) is 6.23. The van der Waals surface area contributed by atoms with Crippen LogP contribution in [0.1, 0.15) is 25.7 Å². The average molecular weight is 252 g/mol. The van der Waals surface area contributed by atoms with E-state index in [4.69, 9.17) is 6.42 Å². The van der Waals surface area contributed by atoms with E-state index in [0.29, 0.717) is 13.1 Å². The summed E-state index contributed by atoms with van der Waals surface area (Å²) in [6, 6.07) is -0.160. The van der Waals surface area contributed by atoms with Crippen molar-refractivity contribution in [1.82, 2.24) is 10.2 Å². The van der Waals surface area contributed by atoms with Crippen LogP contribution < -0.4 is 5.32 Å². The first-order chi connectivity index (χ1) is 8.69. The molecular weight excluding hydrogens is 232 g/mol. The van der Waals surface area contributed by atoms with Crippen molar-refractivity contribution in [2.24, 2.45) is 0 Å². The van der Waals surface area contributed by atoms with Gasteiger partial charge in [-0.05, 0) is 19.4 Å². The van der Waals surface area contributed by atoms with Gasteiger partial charge in [0, 0.05) is 6.54 Å². The van der Waals surface area contributed by atoms with Crippen molar-refractivity contribution in [2.75, 3.05) is 26.7 Å². The van der Waals surface area contributed by atoms with Gasteiger partial charge in [-0.1, -0.05) is 12.3 Å². The molecule has 0 aromatic rings. The molecule has 1 heterocycles. The Bertz CT molecular complexity index is 336. The van der Waals surface area contributed by atoms with Gasteiger partial charge >= 0.3 is 5.97 Å². The molecule has 0 saturated carbocycles. The second kappa shape index (κ2) is 7.72. The molecule has 0 spiro atoms. The standard InChI is InChI=1S/C13H20N2O3/c1-3-9-15-10-5-4-6-11(15)13(17)14-8-7-12(16)18-2/h1,11H,4-10H2,2H3,(H,14,17)/t11-/m0/s1. The van der Waals surface area contributed by atoms with Crippen molar-refractivity contribution in [3.05, 3.63) is 0 Å². The number of nitrogens with zero attached hydrogens (tertiary/aromatic N) is 1. The second-order valence-electron chi connectivity index (χ2n) is 4.30. The zero-order chi connectivity index (χ0) is 13.4. The molecule has 1 rings (SSSR count). The van der Waals surface area contributed by atoms with E-state index in [1.165, 1.54) is 7.11 Å². The lowest BCUT2D eigenvalue weighted by Crippen LogP contribution is -2.49. The van der Waals surface area contributed by atoms with Crippen LogP contribution in [0.25, 0.3) is 0 Å². The maximum Gasteiger partial charge on any atom is 0.307 e. The lowest BCUT2D eigenvalue weighted by Gasteiger charge is -2.33. The molecule has 18 heavy (non-hydrogen) atoms. The molecule has 1 aliphatic heterocycles. The van der Waals surface area contributed by atoms with Crippen LogP contribution >= 0.6 is 0 Å². The van der Waals surface area contributed by atoms with Crippen molar-refractivity contribution < 1.29 is 14.3 Å². The molecule has 0 radical (unpaired) electrons. The molecule has 1 atom stereocenters. The first kappa shape index (κ1) is 14.5. The van der Waals surface area contributed by atoms with Gasteiger partial charge in [-0.15, -0.1) is 6.42 Å². The number of hydrogen-bond acceptors (Lipinski definition) is 4. The Balaban J connectivity index is 2.38. The molecule has 0 aromatic carbocycles. The Morgan fingerprint density at radius 3 is 2.94 bits per heavy atom. The molecule has 0 bridgehead atoms. The third-order valence-corrected chi connectivity index (χ3v) is 3.07. The molecule has 0 aromatic heterocycles. The number of carbonyl (C=O) groups is 2. The molecule has 1 saturated heterocycles. The number of terminal acetylenes is 1.